The van der Waals surface area contributed by atoms with E-state index in [0.29, 0.717) is 17.9 Å². The van der Waals surface area contributed by atoms with Gasteiger partial charge in [0.25, 0.3) is 0 Å². The maximum atomic E-state index is 14.4. The number of halogens is 1. The van der Waals surface area contributed by atoms with Gasteiger partial charge in [0.2, 0.25) is 0 Å². The van der Waals surface area contributed by atoms with Gasteiger partial charge in [-0.05, 0) is 24.6 Å². The van der Waals surface area contributed by atoms with E-state index in [0.717, 1.165) is 5.56 Å². The van der Waals surface area contributed by atoms with Crippen molar-refractivity contribution in [3.05, 3.63) is 59.4 Å². The minimum absolute atomic E-state index is 0.182. The van der Waals surface area contributed by atoms with Crippen LogP contribution in [0.15, 0.2) is 42.5 Å². The van der Waals surface area contributed by atoms with E-state index in [2.05, 4.69) is 0 Å². The maximum absolute atomic E-state index is 14.4. The Balaban J connectivity index is 2.22. The molecule has 0 aliphatic carbocycles. The summed E-state index contributed by atoms with van der Waals surface area (Å²) < 4.78 is 25.0. The van der Waals surface area contributed by atoms with Crippen molar-refractivity contribution >= 4 is 0 Å². The predicted octanol–water partition coefficient (Wildman–Crippen LogP) is 3.43. The molecule has 0 aromatic heterocycles. The molecule has 0 bridgehead atoms. The van der Waals surface area contributed by atoms with Crippen LogP contribution in [0, 0.1) is 5.82 Å². The second-order valence-corrected chi connectivity index (χ2v) is 4.56. The summed E-state index contributed by atoms with van der Waals surface area (Å²) in [4.78, 5) is 0. The normalized spacial score (nSPS) is 12.0. The van der Waals surface area contributed by atoms with Gasteiger partial charge in [0.15, 0.2) is 11.6 Å². The van der Waals surface area contributed by atoms with Gasteiger partial charge in [-0.15, -0.1) is 0 Å². The lowest BCUT2D eigenvalue weighted by atomic mass is 10.1. The summed E-state index contributed by atoms with van der Waals surface area (Å²) in [7, 11) is 1.49. The Kier molecular flexibility index (Phi) is 4.58. The second-order valence-electron chi connectivity index (χ2n) is 4.56. The molecule has 1 unspecified atom stereocenters. The Morgan fingerprint density at radius 2 is 1.75 bits per heavy atom. The summed E-state index contributed by atoms with van der Waals surface area (Å²) in [6, 6.07) is 12.4. The predicted molar refractivity (Wildman–Crippen MR) is 76.3 cm³/mol. The SMILES string of the molecule is COc1ccc(OCc2ccccc2)c(F)c1C(C)N. The van der Waals surface area contributed by atoms with E-state index < -0.39 is 11.9 Å². The van der Waals surface area contributed by atoms with Gasteiger partial charge in [0.05, 0.1) is 12.7 Å². The van der Waals surface area contributed by atoms with Gasteiger partial charge < -0.3 is 15.2 Å². The lowest BCUT2D eigenvalue weighted by Crippen LogP contribution is -2.11. The van der Waals surface area contributed by atoms with Crippen molar-refractivity contribution < 1.29 is 13.9 Å². The molecular formula is C16H18FNO2. The highest BCUT2D eigenvalue weighted by Gasteiger charge is 2.18. The highest BCUT2D eigenvalue weighted by atomic mass is 19.1. The van der Waals surface area contributed by atoms with Gasteiger partial charge in [-0.3, -0.25) is 0 Å². The number of nitrogens with two attached hydrogens (primary N) is 1. The molecule has 1 atom stereocenters. The Morgan fingerprint density at radius 1 is 1.10 bits per heavy atom. The first-order valence-electron chi connectivity index (χ1n) is 6.42. The van der Waals surface area contributed by atoms with E-state index in [1.165, 1.54) is 7.11 Å². The van der Waals surface area contributed by atoms with Gasteiger partial charge in [-0.25, -0.2) is 4.39 Å². The maximum Gasteiger partial charge on any atom is 0.173 e. The molecule has 4 heteroatoms. The molecular weight excluding hydrogens is 257 g/mol. The van der Waals surface area contributed by atoms with E-state index in [1.807, 2.05) is 30.3 Å². The van der Waals surface area contributed by atoms with E-state index in [9.17, 15) is 4.39 Å². The molecule has 0 aliphatic rings. The summed E-state index contributed by atoms with van der Waals surface area (Å²) in [6.45, 7) is 2.02. The smallest absolute Gasteiger partial charge is 0.173 e. The first kappa shape index (κ1) is 14.3. The van der Waals surface area contributed by atoms with Gasteiger partial charge in [0.1, 0.15) is 12.4 Å². The largest absolute Gasteiger partial charge is 0.496 e. The zero-order chi connectivity index (χ0) is 14.5. The molecule has 0 amide bonds. The fourth-order valence-electron chi connectivity index (χ4n) is 2.00. The molecule has 0 saturated heterocycles. The number of benzene rings is 2. The molecule has 106 valence electrons. The van der Waals surface area contributed by atoms with Crippen molar-refractivity contribution in [2.45, 2.75) is 19.6 Å². The molecule has 0 aliphatic heterocycles. The molecule has 2 aromatic carbocycles. The average molecular weight is 275 g/mol. The zero-order valence-electron chi connectivity index (χ0n) is 11.6. The standard InChI is InChI=1S/C16H18FNO2/c1-11(18)15-13(19-2)8-9-14(16(15)17)20-10-12-6-4-3-5-7-12/h3-9,11H,10,18H2,1-2H3. The third-order valence-electron chi connectivity index (χ3n) is 3.02. The first-order valence-corrected chi connectivity index (χ1v) is 6.42. The van der Waals surface area contributed by atoms with E-state index in [-0.39, 0.29) is 5.75 Å². The molecule has 0 spiro atoms. The fourth-order valence-corrected chi connectivity index (χ4v) is 2.00. The molecule has 0 saturated carbocycles. The highest BCUT2D eigenvalue weighted by molar-refractivity contribution is 5.43. The van der Waals surface area contributed by atoms with E-state index in [4.69, 9.17) is 15.2 Å². The molecule has 2 N–H and O–H groups in total. The van der Waals surface area contributed by atoms with Crippen LogP contribution in [0.3, 0.4) is 0 Å². The Morgan fingerprint density at radius 3 is 2.35 bits per heavy atom. The number of hydrogen-bond donors (Lipinski definition) is 1. The summed E-state index contributed by atoms with van der Waals surface area (Å²) in [5.41, 5.74) is 7.10. The Hall–Kier alpha value is -2.07. The van der Waals surface area contributed by atoms with Crippen LogP contribution in [0.4, 0.5) is 4.39 Å². The number of methoxy groups -OCH3 is 1. The van der Waals surface area contributed by atoms with Crippen LogP contribution in [0.1, 0.15) is 24.1 Å². The third-order valence-corrected chi connectivity index (χ3v) is 3.02. The molecule has 2 rings (SSSR count). The van der Waals surface area contributed by atoms with E-state index in [1.54, 1.807) is 19.1 Å². The lowest BCUT2D eigenvalue weighted by molar-refractivity contribution is 0.286. The Bertz CT molecular complexity index is 570. The zero-order valence-corrected chi connectivity index (χ0v) is 11.6. The molecule has 0 fully saturated rings. The number of rotatable bonds is 5. The Labute approximate surface area is 118 Å². The molecule has 0 radical (unpaired) electrons. The highest BCUT2D eigenvalue weighted by Crippen LogP contribution is 2.32. The van der Waals surface area contributed by atoms with Gasteiger partial charge in [-0.1, -0.05) is 30.3 Å². The van der Waals surface area contributed by atoms with Crippen LogP contribution < -0.4 is 15.2 Å². The van der Waals surface area contributed by atoms with Crippen molar-refractivity contribution in [1.82, 2.24) is 0 Å². The quantitative estimate of drug-likeness (QED) is 0.909. The van der Waals surface area contributed by atoms with Crippen molar-refractivity contribution in [1.29, 1.82) is 0 Å². The minimum Gasteiger partial charge on any atom is -0.496 e. The van der Waals surface area contributed by atoms with E-state index >= 15 is 0 Å². The van der Waals surface area contributed by atoms with Gasteiger partial charge in [-0.2, -0.15) is 0 Å². The van der Waals surface area contributed by atoms with Crippen molar-refractivity contribution in [2.75, 3.05) is 7.11 Å². The summed E-state index contributed by atoms with van der Waals surface area (Å²) >= 11 is 0. The minimum atomic E-state index is -0.467. The van der Waals surface area contributed by atoms with Gasteiger partial charge >= 0.3 is 0 Å². The topological polar surface area (TPSA) is 44.5 Å². The number of ether oxygens (including phenoxy) is 2. The van der Waals surface area contributed by atoms with Crippen LogP contribution >= 0.6 is 0 Å². The van der Waals surface area contributed by atoms with Crippen LogP contribution in [0.5, 0.6) is 11.5 Å². The fraction of sp³-hybridized carbons (Fsp3) is 0.250. The molecule has 3 nitrogen and oxygen atoms in total. The van der Waals surface area contributed by atoms with Crippen LogP contribution in [0.2, 0.25) is 0 Å². The summed E-state index contributed by atoms with van der Waals surface area (Å²) in [6.07, 6.45) is 0. The average Bonchev–Trinajstić information content (AvgIpc) is 2.46. The van der Waals surface area contributed by atoms with Crippen LogP contribution in [-0.4, -0.2) is 7.11 Å². The molecule has 2 aromatic rings. The van der Waals surface area contributed by atoms with Crippen molar-refractivity contribution in [2.24, 2.45) is 5.73 Å². The molecule has 0 heterocycles. The van der Waals surface area contributed by atoms with Crippen molar-refractivity contribution in [3.8, 4) is 11.5 Å². The number of hydrogen-bond acceptors (Lipinski definition) is 3. The van der Waals surface area contributed by atoms with Gasteiger partial charge in [0, 0.05) is 6.04 Å². The lowest BCUT2D eigenvalue weighted by Gasteiger charge is -2.16. The summed E-state index contributed by atoms with van der Waals surface area (Å²) in [5.74, 6) is 0.154. The van der Waals surface area contributed by atoms with Crippen molar-refractivity contribution in [3.63, 3.8) is 0 Å². The van der Waals surface area contributed by atoms with Crippen LogP contribution in [0.25, 0.3) is 0 Å². The second kappa shape index (κ2) is 6.39. The molecule has 20 heavy (non-hydrogen) atoms. The monoisotopic (exact) mass is 275 g/mol. The third kappa shape index (κ3) is 3.08. The summed E-state index contributed by atoms with van der Waals surface area (Å²) in [5, 5.41) is 0. The first-order chi connectivity index (χ1) is 9.63. The van der Waals surface area contributed by atoms with Crippen LogP contribution in [-0.2, 0) is 6.61 Å².